The first-order valence-electron chi connectivity index (χ1n) is 6.23. The van der Waals surface area contributed by atoms with Gasteiger partial charge in [0.1, 0.15) is 0 Å². The summed E-state index contributed by atoms with van der Waals surface area (Å²) in [4.78, 5) is 0. The molecular weight excluding hydrogens is 242 g/mol. The molecule has 94 valence electrons. The van der Waals surface area contributed by atoms with Crippen LogP contribution in [0.3, 0.4) is 0 Å². The van der Waals surface area contributed by atoms with Gasteiger partial charge in [-0.1, -0.05) is 48.5 Å². The fraction of sp³-hybridized carbons (Fsp3) is 0.250. The maximum absolute atomic E-state index is 3.63. The molecule has 0 bridgehead atoms. The number of hydrogen-bond donors (Lipinski definition) is 1. The van der Waals surface area contributed by atoms with E-state index in [1.54, 1.807) is 0 Å². The first-order chi connectivity index (χ1) is 8.36. The molecule has 1 N–H and O–H groups in total. The summed E-state index contributed by atoms with van der Waals surface area (Å²) in [6.45, 7) is 3.28. The van der Waals surface area contributed by atoms with Gasteiger partial charge in [-0.25, -0.2) is 0 Å². The van der Waals surface area contributed by atoms with Gasteiger partial charge in [0.15, 0.2) is 0 Å². The minimum absolute atomic E-state index is 0. The normalized spacial score (nSPS) is 17.7. The van der Waals surface area contributed by atoms with Crippen molar-refractivity contribution in [1.82, 2.24) is 5.32 Å². The summed E-state index contributed by atoms with van der Waals surface area (Å²) in [5, 5.41) is 3.63. The topological polar surface area (TPSA) is 12.0 Å². The van der Waals surface area contributed by atoms with Crippen LogP contribution in [0, 0.1) is 6.92 Å². The fourth-order valence-electron chi connectivity index (χ4n) is 2.76. The van der Waals surface area contributed by atoms with Crippen molar-refractivity contribution in [3.63, 3.8) is 0 Å². The van der Waals surface area contributed by atoms with Crippen molar-refractivity contribution in [3.05, 3.63) is 70.8 Å². The standard InChI is InChI=1S/C16H17N.ClH/c1-12-6-5-9-13-10-11-17-16(15(12)13)14-7-3-2-4-8-14;/h2-9,16-17H,10-11H2,1H3;1H/t16-;/m0./s1. The summed E-state index contributed by atoms with van der Waals surface area (Å²) >= 11 is 0. The first-order valence-corrected chi connectivity index (χ1v) is 6.23. The van der Waals surface area contributed by atoms with Gasteiger partial charge in [-0.05, 0) is 35.6 Å². The Morgan fingerprint density at radius 2 is 1.78 bits per heavy atom. The number of aryl methyl sites for hydroxylation is 1. The number of fused-ring (bicyclic) bond motifs is 1. The molecule has 0 radical (unpaired) electrons. The van der Waals surface area contributed by atoms with Gasteiger partial charge in [-0.15, -0.1) is 12.4 Å². The van der Waals surface area contributed by atoms with Crippen molar-refractivity contribution in [2.24, 2.45) is 0 Å². The van der Waals surface area contributed by atoms with Crippen LogP contribution in [0.15, 0.2) is 48.5 Å². The molecule has 0 amide bonds. The molecule has 1 nitrogen and oxygen atoms in total. The lowest BCUT2D eigenvalue weighted by molar-refractivity contribution is 0.565. The lowest BCUT2D eigenvalue weighted by Crippen LogP contribution is -2.31. The molecule has 1 aliphatic rings. The number of rotatable bonds is 1. The third kappa shape index (κ3) is 2.29. The second-order valence-corrected chi connectivity index (χ2v) is 4.70. The van der Waals surface area contributed by atoms with Gasteiger partial charge < -0.3 is 5.32 Å². The van der Waals surface area contributed by atoms with E-state index in [0.717, 1.165) is 13.0 Å². The maximum atomic E-state index is 3.63. The third-order valence-electron chi connectivity index (χ3n) is 3.58. The molecule has 0 saturated heterocycles. The van der Waals surface area contributed by atoms with Crippen LogP contribution in [-0.2, 0) is 6.42 Å². The zero-order valence-electron chi connectivity index (χ0n) is 10.5. The van der Waals surface area contributed by atoms with Crippen LogP contribution in [0.5, 0.6) is 0 Å². The monoisotopic (exact) mass is 259 g/mol. The molecule has 3 rings (SSSR count). The molecule has 0 fully saturated rings. The highest BCUT2D eigenvalue weighted by Crippen LogP contribution is 2.30. The minimum atomic E-state index is 0. The van der Waals surface area contributed by atoms with Crippen molar-refractivity contribution in [3.8, 4) is 0 Å². The van der Waals surface area contributed by atoms with Crippen molar-refractivity contribution in [2.45, 2.75) is 19.4 Å². The molecule has 0 saturated carbocycles. The number of nitrogens with one attached hydrogen (secondary N) is 1. The Morgan fingerprint density at radius 3 is 2.56 bits per heavy atom. The van der Waals surface area contributed by atoms with Crippen molar-refractivity contribution in [2.75, 3.05) is 6.54 Å². The van der Waals surface area contributed by atoms with Crippen LogP contribution in [0.2, 0.25) is 0 Å². The van der Waals surface area contributed by atoms with E-state index < -0.39 is 0 Å². The molecule has 1 atom stereocenters. The Kier molecular flexibility index (Phi) is 4.05. The molecule has 0 aromatic heterocycles. The molecule has 0 unspecified atom stereocenters. The maximum Gasteiger partial charge on any atom is 0.0582 e. The van der Waals surface area contributed by atoms with Gasteiger partial charge in [0.05, 0.1) is 6.04 Å². The summed E-state index contributed by atoms with van der Waals surface area (Å²) in [5.41, 5.74) is 5.73. The predicted molar refractivity (Wildman–Crippen MR) is 78.4 cm³/mol. The second kappa shape index (κ2) is 5.55. The van der Waals surface area contributed by atoms with Gasteiger partial charge >= 0.3 is 0 Å². The van der Waals surface area contributed by atoms with E-state index in [1.165, 1.54) is 22.3 Å². The van der Waals surface area contributed by atoms with E-state index in [9.17, 15) is 0 Å². The zero-order valence-corrected chi connectivity index (χ0v) is 11.3. The minimum Gasteiger partial charge on any atom is -0.306 e. The van der Waals surface area contributed by atoms with Crippen LogP contribution < -0.4 is 5.32 Å². The largest absolute Gasteiger partial charge is 0.306 e. The molecule has 2 aromatic carbocycles. The molecule has 18 heavy (non-hydrogen) atoms. The van der Waals surface area contributed by atoms with Gasteiger partial charge in [0, 0.05) is 6.54 Å². The average Bonchev–Trinajstić information content (AvgIpc) is 2.39. The lowest BCUT2D eigenvalue weighted by Gasteiger charge is -2.29. The highest BCUT2D eigenvalue weighted by atomic mass is 35.5. The molecule has 0 aliphatic carbocycles. The van der Waals surface area contributed by atoms with Crippen LogP contribution in [0.1, 0.15) is 28.3 Å². The van der Waals surface area contributed by atoms with Crippen LogP contribution in [0.4, 0.5) is 0 Å². The molecule has 1 aliphatic heterocycles. The summed E-state index contributed by atoms with van der Waals surface area (Å²) in [5.74, 6) is 0. The summed E-state index contributed by atoms with van der Waals surface area (Å²) in [6.07, 6.45) is 1.14. The molecule has 2 heteroatoms. The van der Waals surface area contributed by atoms with E-state index in [-0.39, 0.29) is 12.4 Å². The average molecular weight is 260 g/mol. The Labute approximate surface area is 115 Å². The highest BCUT2D eigenvalue weighted by molar-refractivity contribution is 5.85. The van der Waals surface area contributed by atoms with Crippen LogP contribution in [-0.4, -0.2) is 6.54 Å². The number of benzene rings is 2. The van der Waals surface area contributed by atoms with Crippen LogP contribution in [0.25, 0.3) is 0 Å². The quantitative estimate of drug-likeness (QED) is 0.824. The molecule has 2 aromatic rings. The second-order valence-electron chi connectivity index (χ2n) is 4.70. The first kappa shape index (κ1) is 13.1. The SMILES string of the molecule is Cc1cccc2c1[C@H](c1ccccc1)NCC2.Cl. The van der Waals surface area contributed by atoms with Gasteiger partial charge in [0.2, 0.25) is 0 Å². The third-order valence-corrected chi connectivity index (χ3v) is 3.58. The Morgan fingerprint density at radius 1 is 1.00 bits per heavy atom. The highest BCUT2D eigenvalue weighted by Gasteiger charge is 2.22. The number of hydrogen-bond acceptors (Lipinski definition) is 1. The Bertz CT molecular complexity index is 522. The lowest BCUT2D eigenvalue weighted by atomic mass is 9.87. The summed E-state index contributed by atoms with van der Waals surface area (Å²) < 4.78 is 0. The van der Waals surface area contributed by atoms with Crippen molar-refractivity contribution < 1.29 is 0 Å². The van der Waals surface area contributed by atoms with E-state index in [2.05, 4.69) is 60.8 Å². The Hall–Kier alpha value is -1.31. The van der Waals surface area contributed by atoms with E-state index in [1.807, 2.05) is 0 Å². The summed E-state index contributed by atoms with van der Waals surface area (Å²) in [6, 6.07) is 17.7. The van der Waals surface area contributed by atoms with Crippen LogP contribution >= 0.6 is 12.4 Å². The van der Waals surface area contributed by atoms with E-state index in [4.69, 9.17) is 0 Å². The summed E-state index contributed by atoms with van der Waals surface area (Å²) in [7, 11) is 0. The van der Waals surface area contributed by atoms with E-state index >= 15 is 0 Å². The van der Waals surface area contributed by atoms with Gasteiger partial charge in [0.25, 0.3) is 0 Å². The number of halogens is 1. The van der Waals surface area contributed by atoms with Crippen molar-refractivity contribution in [1.29, 1.82) is 0 Å². The van der Waals surface area contributed by atoms with Crippen molar-refractivity contribution >= 4 is 12.4 Å². The molecular formula is C16H18ClN. The zero-order chi connectivity index (χ0) is 11.7. The molecule has 1 heterocycles. The Balaban J connectivity index is 0.00000120. The fourth-order valence-corrected chi connectivity index (χ4v) is 2.76. The van der Waals surface area contributed by atoms with Gasteiger partial charge in [-0.3, -0.25) is 0 Å². The smallest absolute Gasteiger partial charge is 0.0582 e. The van der Waals surface area contributed by atoms with E-state index in [0.29, 0.717) is 6.04 Å². The molecule has 0 spiro atoms. The predicted octanol–water partition coefficient (Wildman–Crippen LogP) is 3.65. The van der Waals surface area contributed by atoms with Gasteiger partial charge in [-0.2, -0.15) is 0 Å².